The minimum Gasteiger partial charge on any atom is -0.435 e. The van der Waals surface area contributed by atoms with Gasteiger partial charge in [0.1, 0.15) is 18.1 Å². The molecule has 0 unspecified atom stereocenters. The van der Waals surface area contributed by atoms with Gasteiger partial charge in [-0.1, -0.05) is 6.07 Å². The summed E-state index contributed by atoms with van der Waals surface area (Å²) in [6.45, 7) is -3.42. The summed E-state index contributed by atoms with van der Waals surface area (Å²) in [6.07, 6.45) is 2.37. The van der Waals surface area contributed by atoms with Gasteiger partial charge in [0, 0.05) is 11.9 Å². The maximum absolute atomic E-state index is 12.1. The van der Waals surface area contributed by atoms with Crippen LogP contribution in [0.15, 0.2) is 48.7 Å². The number of rotatable bonds is 7. The van der Waals surface area contributed by atoms with Crippen LogP contribution in [-0.2, 0) is 14.8 Å². The Morgan fingerprint density at radius 3 is 2.44 bits per heavy atom. The lowest BCUT2D eigenvalue weighted by Crippen LogP contribution is -2.37. The average Bonchev–Trinajstić information content (AvgIpc) is 2.54. The number of ether oxygens (including phenoxy) is 1. The quantitative estimate of drug-likeness (QED) is 0.805. The van der Waals surface area contributed by atoms with Crippen molar-refractivity contribution in [2.45, 2.75) is 6.61 Å². The third-order valence-electron chi connectivity index (χ3n) is 2.96. The van der Waals surface area contributed by atoms with Crippen LogP contribution in [0.25, 0.3) is 0 Å². The van der Waals surface area contributed by atoms with E-state index in [4.69, 9.17) is 0 Å². The van der Waals surface area contributed by atoms with Crippen molar-refractivity contribution in [1.82, 2.24) is 4.98 Å². The van der Waals surface area contributed by atoms with E-state index in [0.29, 0.717) is 5.69 Å². The molecule has 2 aromatic rings. The number of halogens is 2. The minimum absolute atomic E-state index is 0.0563. The molecule has 25 heavy (non-hydrogen) atoms. The maximum atomic E-state index is 12.1. The van der Waals surface area contributed by atoms with Crippen LogP contribution >= 0.6 is 0 Å². The molecule has 7 nitrogen and oxygen atoms in total. The van der Waals surface area contributed by atoms with E-state index in [2.05, 4.69) is 15.0 Å². The number of anilines is 2. The number of aromatic nitrogens is 1. The van der Waals surface area contributed by atoms with Crippen molar-refractivity contribution in [2.24, 2.45) is 0 Å². The van der Waals surface area contributed by atoms with Crippen LogP contribution in [0.3, 0.4) is 0 Å². The first-order chi connectivity index (χ1) is 11.8. The number of carbonyl (C=O) groups excluding carboxylic acids is 1. The third-order valence-corrected chi connectivity index (χ3v) is 4.07. The molecule has 134 valence electrons. The molecule has 1 aromatic carbocycles. The Morgan fingerprint density at radius 1 is 1.24 bits per heavy atom. The number of pyridine rings is 1. The van der Waals surface area contributed by atoms with Crippen molar-refractivity contribution in [3.8, 4) is 5.75 Å². The summed E-state index contributed by atoms with van der Waals surface area (Å²) in [5.74, 6) is -0.557. The van der Waals surface area contributed by atoms with Gasteiger partial charge in [0.2, 0.25) is 15.9 Å². The molecule has 0 aliphatic rings. The second-order valence-corrected chi connectivity index (χ2v) is 6.82. The molecule has 0 atom stereocenters. The lowest BCUT2D eigenvalue weighted by Gasteiger charge is -2.20. The number of benzene rings is 1. The molecule has 0 fully saturated rings. The number of amides is 1. The summed E-state index contributed by atoms with van der Waals surface area (Å²) in [7, 11) is -3.72. The average molecular weight is 371 g/mol. The first-order valence-electron chi connectivity index (χ1n) is 6.99. The predicted octanol–water partition coefficient (Wildman–Crippen LogP) is 2.09. The maximum Gasteiger partial charge on any atom is 0.387 e. The molecule has 0 aliphatic carbocycles. The van der Waals surface area contributed by atoms with Crippen LogP contribution < -0.4 is 14.4 Å². The fraction of sp³-hybridized carbons (Fsp3) is 0.200. The molecule has 0 aliphatic heterocycles. The Morgan fingerprint density at radius 2 is 1.92 bits per heavy atom. The van der Waals surface area contributed by atoms with Crippen LogP contribution in [0.1, 0.15) is 0 Å². The molecule has 0 spiro atoms. The number of alkyl halides is 2. The Hall–Kier alpha value is -2.75. The van der Waals surface area contributed by atoms with Crippen molar-refractivity contribution in [3.05, 3.63) is 48.7 Å². The van der Waals surface area contributed by atoms with Crippen LogP contribution in [-0.4, -0.2) is 38.7 Å². The number of hydrogen-bond acceptors (Lipinski definition) is 5. The molecule has 1 heterocycles. The zero-order chi connectivity index (χ0) is 18.4. The summed E-state index contributed by atoms with van der Waals surface area (Å²) >= 11 is 0. The molecule has 1 N–H and O–H groups in total. The van der Waals surface area contributed by atoms with Gasteiger partial charge < -0.3 is 10.1 Å². The highest BCUT2D eigenvalue weighted by Gasteiger charge is 2.21. The minimum atomic E-state index is -3.72. The second kappa shape index (κ2) is 7.88. The van der Waals surface area contributed by atoms with E-state index < -0.39 is 29.1 Å². The second-order valence-electron chi connectivity index (χ2n) is 4.91. The van der Waals surface area contributed by atoms with E-state index in [9.17, 15) is 22.0 Å². The van der Waals surface area contributed by atoms with Crippen LogP contribution in [0.5, 0.6) is 5.75 Å². The normalized spacial score (nSPS) is 11.2. The standard InChI is InChI=1S/C15H15F2N3O4S/c1-25(22,23)20(13-4-2-3-9-18-13)10-14(21)19-11-5-7-12(8-6-11)24-15(16)17/h2-9,15H,10H2,1H3,(H,19,21). The zero-order valence-electron chi connectivity index (χ0n) is 13.1. The van der Waals surface area contributed by atoms with Gasteiger partial charge in [-0.15, -0.1) is 0 Å². The monoisotopic (exact) mass is 371 g/mol. The molecule has 0 bridgehead atoms. The van der Waals surface area contributed by atoms with Crippen molar-refractivity contribution in [1.29, 1.82) is 0 Å². The Bertz CT molecular complexity index is 814. The summed E-state index contributed by atoms with van der Waals surface area (Å²) in [5.41, 5.74) is 0.307. The molecule has 1 aromatic heterocycles. The van der Waals surface area contributed by atoms with Gasteiger partial charge in [0.15, 0.2) is 0 Å². The SMILES string of the molecule is CS(=O)(=O)N(CC(=O)Nc1ccc(OC(F)F)cc1)c1ccccn1. The fourth-order valence-electron chi connectivity index (χ4n) is 1.92. The molecule has 1 amide bonds. The van der Waals surface area contributed by atoms with Gasteiger partial charge in [-0.3, -0.25) is 4.79 Å². The third kappa shape index (κ3) is 5.68. The lowest BCUT2D eigenvalue weighted by atomic mass is 10.3. The van der Waals surface area contributed by atoms with Gasteiger partial charge in [-0.25, -0.2) is 17.7 Å². The van der Waals surface area contributed by atoms with Crippen molar-refractivity contribution in [3.63, 3.8) is 0 Å². The van der Waals surface area contributed by atoms with Crippen LogP contribution in [0.4, 0.5) is 20.3 Å². The van der Waals surface area contributed by atoms with Crippen LogP contribution in [0, 0.1) is 0 Å². The highest BCUT2D eigenvalue weighted by atomic mass is 32.2. The van der Waals surface area contributed by atoms with E-state index in [1.807, 2.05) is 0 Å². The van der Waals surface area contributed by atoms with Gasteiger partial charge >= 0.3 is 6.61 Å². The molecule has 2 rings (SSSR count). The van der Waals surface area contributed by atoms with Crippen molar-refractivity contribution in [2.75, 3.05) is 22.4 Å². The molecular weight excluding hydrogens is 356 g/mol. The Labute approximate surface area is 143 Å². The number of hydrogen-bond donors (Lipinski definition) is 1. The summed E-state index contributed by atoms with van der Waals surface area (Å²) in [6, 6.07) is 9.92. The van der Waals surface area contributed by atoms with E-state index in [-0.39, 0.29) is 11.6 Å². The Balaban J connectivity index is 2.07. The number of nitrogens with zero attached hydrogens (tertiary/aromatic N) is 2. The first-order valence-corrected chi connectivity index (χ1v) is 8.84. The Kier molecular flexibility index (Phi) is 5.86. The van der Waals surface area contributed by atoms with Gasteiger partial charge in [0.25, 0.3) is 0 Å². The zero-order valence-corrected chi connectivity index (χ0v) is 13.9. The van der Waals surface area contributed by atoms with E-state index >= 15 is 0 Å². The summed E-state index contributed by atoms with van der Waals surface area (Å²) in [4.78, 5) is 16.0. The first kappa shape index (κ1) is 18.6. The van der Waals surface area contributed by atoms with E-state index in [1.165, 1.54) is 36.5 Å². The highest BCUT2D eigenvalue weighted by molar-refractivity contribution is 7.92. The van der Waals surface area contributed by atoms with Crippen molar-refractivity contribution < 1.29 is 26.7 Å². The smallest absolute Gasteiger partial charge is 0.387 e. The number of sulfonamides is 1. The molecule has 10 heteroatoms. The number of nitrogens with one attached hydrogen (secondary N) is 1. The summed E-state index contributed by atoms with van der Waals surface area (Å²) in [5, 5.41) is 2.48. The van der Waals surface area contributed by atoms with Gasteiger partial charge in [-0.05, 0) is 36.4 Å². The van der Waals surface area contributed by atoms with E-state index in [1.54, 1.807) is 12.1 Å². The fourth-order valence-corrected chi connectivity index (χ4v) is 2.72. The molecule has 0 saturated heterocycles. The largest absolute Gasteiger partial charge is 0.435 e. The van der Waals surface area contributed by atoms with E-state index in [0.717, 1.165) is 10.6 Å². The molecule has 0 radical (unpaired) electrons. The van der Waals surface area contributed by atoms with Crippen molar-refractivity contribution >= 4 is 27.4 Å². The van der Waals surface area contributed by atoms with Gasteiger partial charge in [-0.2, -0.15) is 8.78 Å². The highest BCUT2D eigenvalue weighted by Crippen LogP contribution is 2.18. The van der Waals surface area contributed by atoms with Crippen LogP contribution in [0.2, 0.25) is 0 Å². The van der Waals surface area contributed by atoms with Gasteiger partial charge in [0.05, 0.1) is 6.26 Å². The lowest BCUT2D eigenvalue weighted by molar-refractivity contribution is -0.114. The predicted molar refractivity (Wildman–Crippen MR) is 88.1 cm³/mol. The summed E-state index contributed by atoms with van der Waals surface area (Å²) < 4.78 is 53.0. The topological polar surface area (TPSA) is 88.6 Å². The molecular formula is C15H15F2N3O4S. The number of carbonyl (C=O) groups is 1. The molecule has 0 saturated carbocycles.